The molecular weight excluding hydrogens is 228 g/mol. The lowest BCUT2D eigenvalue weighted by atomic mass is 10.4. The third kappa shape index (κ3) is 4.01. The predicted molar refractivity (Wildman–Crippen MR) is 66.0 cm³/mol. The highest BCUT2D eigenvalue weighted by atomic mass is 32.2. The van der Waals surface area contributed by atoms with E-state index in [0.29, 0.717) is 19.7 Å². The number of nitrogens with one attached hydrogen (secondary N) is 1. The molecule has 16 heavy (non-hydrogen) atoms. The van der Waals surface area contributed by atoms with E-state index in [1.165, 1.54) is 4.31 Å². The first-order chi connectivity index (χ1) is 7.41. The fourth-order valence-electron chi connectivity index (χ4n) is 1.69. The molecule has 0 saturated carbocycles. The van der Waals surface area contributed by atoms with Gasteiger partial charge in [-0.05, 0) is 20.9 Å². The smallest absolute Gasteiger partial charge is 0.218 e. The molecule has 0 radical (unpaired) electrons. The minimum Gasteiger partial charge on any atom is -0.383 e. The zero-order valence-corrected chi connectivity index (χ0v) is 11.7. The largest absolute Gasteiger partial charge is 0.383 e. The van der Waals surface area contributed by atoms with E-state index in [1.807, 2.05) is 13.8 Å². The summed E-state index contributed by atoms with van der Waals surface area (Å²) < 4.78 is 30.9. The van der Waals surface area contributed by atoms with E-state index in [0.717, 1.165) is 0 Å². The second kappa shape index (κ2) is 7.21. The number of sulfonamides is 1. The van der Waals surface area contributed by atoms with Crippen molar-refractivity contribution in [3.8, 4) is 0 Å². The number of hydrogen-bond acceptors (Lipinski definition) is 4. The molecule has 6 heteroatoms. The van der Waals surface area contributed by atoms with Crippen molar-refractivity contribution in [2.45, 2.75) is 32.1 Å². The van der Waals surface area contributed by atoms with Crippen LogP contribution in [-0.2, 0) is 14.8 Å². The predicted octanol–water partition coefficient (Wildman–Crippen LogP) is 0.281. The Labute approximate surface area is 99.2 Å². The van der Waals surface area contributed by atoms with Crippen LogP contribution in [0.5, 0.6) is 0 Å². The summed E-state index contributed by atoms with van der Waals surface area (Å²) in [5, 5.41) is 2.47. The van der Waals surface area contributed by atoms with Gasteiger partial charge in [0.25, 0.3) is 0 Å². The molecule has 2 atom stereocenters. The topological polar surface area (TPSA) is 58.6 Å². The number of nitrogens with zero attached hydrogens (tertiary/aromatic N) is 1. The summed E-state index contributed by atoms with van der Waals surface area (Å²) in [6, 6.07) is -0.126. The first kappa shape index (κ1) is 15.8. The molecule has 0 amide bonds. The van der Waals surface area contributed by atoms with Crippen LogP contribution in [0.2, 0.25) is 0 Å². The van der Waals surface area contributed by atoms with E-state index < -0.39 is 15.3 Å². The quantitative estimate of drug-likeness (QED) is 0.674. The first-order valence-corrected chi connectivity index (χ1v) is 7.06. The fraction of sp³-hybridized carbons (Fsp3) is 1.00. The maximum absolute atomic E-state index is 12.2. The standard InChI is InChI=1S/C10H24N2O3S/c1-6-12(9(2)8-15-5)16(13,14)10(3)7-11-4/h9-11H,6-8H2,1-5H3. The summed E-state index contributed by atoms with van der Waals surface area (Å²) in [6.07, 6.45) is 0. The second-order valence-corrected chi connectivity index (χ2v) is 6.22. The summed E-state index contributed by atoms with van der Waals surface area (Å²) in [5.41, 5.74) is 0. The first-order valence-electron chi connectivity index (χ1n) is 5.55. The van der Waals surface area contributed by atoms with Crippen molar-refractivity contribution in [1.29, 1.82) is 0 Å². The van der Waals surface area contributed by atoms with Crippen LogP contribution in [0, 0.1) is 0 Å². The van der Waals surface area contributed by atoms with Gasteiger partial charge in [0, 0.05) is 26.2 Å². The molecule has 0 saturated heterocycles. The average molecular weight is 252 g/mol. The lowest BCUT2D eigenvalue weighted by molar-refractivity contribution is 0.142. The highest BCUT2D eigenvalue weighted by Crippen LogP contribution is 2.12. The molecule has 0 spiro atoms. The number of hydrogen-bond donors (Lipinski definition) is 1. The van der Waals surface area contributed by atoms with Gasteiger partial charge in [-0.1, -0.05) is 6.92 Å². The van der Waals surface area contributed by atoms with Crippen molar-refractivity contribution in [1.82, 2.24) is 9.62 Å². The molecule has 0 aliphatic carbocycles. The summed E-state index contributed by atoms with van der Waals surface area (Å²) >= 11 is 0. The van der Waals surface area contributed by atoms with E-state index in [-0.39, 0.29) is 6.04 Å². The van der Waals surface area contributed by atoms with E-state index in [1.54, 1.807) is 21.1 Å². The number of rotatable bonds is 8. The van der Waals surface area contributed by atoms with E-state index in [4.69, 9.17) is 4.74 Å². The third-order valence-corrected chi connectivity index (χ3v) is 4.99. The molecule has 0 aliphatic rings. The maximum Gasteiger partial charge on any atom is 0.218 e. The van der Waals surface area contributed by atoms with Gasteiger partial charge in [0.1, 0.15) is 0 Å². The normalized spacial score (nSPS) is 16.4. The zero-order chi connectivity index (χ0) is 12.8. The van der Waals surface area contributed by atoms with Gasteiger partial charge in [-0.3, -0.25) is 0 Å². The van der Waals surface area contributed by atoms with Crippen molar-refractivity contribution >= 4 is 10.0 Å². The van der Waals surface area contributed by atoms with Crippen LogP contribution in [0.25, 0.3) is 0 Å². The molecule has 98 valence electrons. The van der Waals surface area contributed by atoms with Gasteiger partial charge in [-0.25, -0.2) is 8.42 Å². The fourth-order valence-corrected chi connectivity index (χ4v) is 3.45. The lowest BCUT2D eigenvalue weighted by Gasteiger charge is -2.29. The Hall–Kier alpha value is -0.170. The van der Waals surface area contributed by atoms with Crippen LogP contribution in [0.4, 0.5) is 0 Å². The van der Waals surface area contributed by atoms with Crippen LogP contribution >= 0.6 is 0 Å². The highest BCUT2D eigenvalue weighted by Gasteiger charge is 2.30. The number of ether oxygens (including phenoxy) is 1. The summed E-state index contributed by atoms with van der Waals surface area (Å²) in [4.78, 5) is 0. The molecule has 0 rings (SSSR count). The molecule has 0 heterocycles. The van der Waals surface area contributed by atoms with E-state index in [2.05, 4.69) is 5.32 Å². The van der Waals surface area contributed by atoms with Gasteiger partial charge in [-0.2, -0.15) is 4.31 Å². The number of likely N-dealkylation sites (N-methyl/N-ethyl adjacent to an activating group) is 1. The molecule has 0 aliphatic heterocycles. The molecular formula is C10H24N2O3S. The van der Waals surface area contributed by atoms with Crippen LogP contribution < -0.4 is 5.32 Å². The summed E-state index contributed by atoms with van der Waals surface area (Å²) in [7, 11) is 0.0844. The Balaban J connectivity index is 4.79. The summed E-state index contributed by atoms with van der Waals surface area (Å²) in [5.74, 6) is 0. The van der Waals surface area contributed by atoms with Crippen molar-refractivity contribution < 1.29 is 13.2 Å². The zero-order valence-electron chi connectivity index (χ0n) is 10.9. The Kier molecular flexibility index (Phi) is 7.14. The van der Waals surface area contributed by atoms with Gasteiger partial charge in [-0.15, -0.1) is 0 Å². The lowest BCUT2D eigenvalue weighted by Crippen LogP contribution is -2.47. The molecule has 0 aromatic carbocycles. The van der Waals surface area contributed by atoms with Gasteiger partial charge in [0.2, 0.25) is 10.0 Å². The molecule has 0 aromatic rings. The van der Waals surface area contributed by atoms with Crippen molar-refractivity contribution in [3.05, 3.63) is 0 Å². The maximum atomic E-state index is 12.2. The van der Waals surface area contributed by atoms with Gasteiger partial charge < -0.3 is 10.1 Å². The SMILES string of the molecule is CCN(C(C)COC)S(=O)(=O)C(C)CNC. The molecule has 5 nitrogen and oxygen atoms in total. The Bertz CT molecular complexity index is 280. The minimum atomic E-state index is -3.24. The van der Waals surface area contributed by atoms with Gasteiger partial charge >= 0.3 is 0 Å². The van der Waals surface area contributed by atoms with Crippen molar-refractivity contribution in [2.24, 2.45) is 0 Å². The average Bonchev–Trinajstić information content (AvgIpc) is 2.19. The monoisotopic (exact) mass is 252 g/mol. The van der Waals surface area contributed by atoms with E-state index in [9.17, 15) is 8.42 Å². The van der Waals surface area contributed by atoms with Crippen LogP contribution in [0.3, 0.4) is 0 Å². The molecule has 2 unspecified atom stereocenters. The van der Waals surface area contributed by atoms with Crippen molar-refractivity contribution in [3.63, 3.8) is 0 Å². The Morgan fingerprint density at radius 1 is 1.38 bits per heavy atom. The minimum absolute atomic E-state index is 0.126. The number of methoxy groups -OCH3 is 1. The van der Waals surface area contributed by atoms with Crippen LogP contribution in [0.1, 0.15) is 20.8 Å². The molecule has 1 N–H and O–H groups in total. The Morgan fingerprint density at radius 2 is 1.94 bits per heavy atom. The van der Waals surface area contributed by atoms with Crippen LogP contribution in [-0.4, -0.2) is 57.9 Å². The molecule has 0 bridgehead atoms. The van der Waals surface area contributed by atoms with Crippen molar-refractivity contribution in [2.75, 3.05) is 33.9 Å². The van der Waals surface area contributed by atoms with Crippen LogP contribution in [0.15, 0.2) is 0 Å². The second-order valence-electron chi connectivity index (χ2n) is 3.92. The van der Waals surface area contributed by atoms with E-state index >= 15 is 0 Å². The summed E-state index contributed by atoms with van der Waals surface area (Å²) in [6.45, 7) is 6.76. The third-order valence-electron chi connectivity index (χ3n) is 2.54. The highest BCUT2D eigenvalue weighted by molar-refractivity contribution is 7.89. The molecule has 0 fully saturated rings. The molecule has 0 aromatic heterocycles. The van der Waals surface area contributed by atoms with Gasteiger partial charge in [0.05, 0.1) is 11.9 Å². The van der Waals surface area contributed by atoms with Gasteiger partial charge in [0.15, 0.2) is 0 Å². The Morgan fingerprint density at radius 3 is 2.31 bits per heavy atom.